The van der Waals surface area contributed by atoms with Gasteiger partial charge >= 0.3 is 5.97 Å². The molecule has 1 fully saturated rings. The second-order valence-electron chi connectivity index (χ2n) is 6.62. The molecule has 1 heterocycles. The average Bonchev–Trinajstić information content (AvgIpc) is 2.95. The summed E-state index contributed by atoms with van der Waals surface area (Å²) in [5, 5.41) is 9.21. The van der Waals surface area contributed by atoms with Crippen molar-refractivity contribution in [2.75, 3.05) is 0 Å². The Kier molecular flexibility index (Phi) is 3.47. The zero-order valence-corrected chi connectivity index (χ0v) is 12.7. The van der Waals surface area contributed by atoms with Gasteiger partial charge in [0.15, 0.2) is 0 Å². The summed E-state index contributed by atoms with van der Waals surface area (Å²) < 4.78 is 0. The number of hydrogen-bond acceptors (Lipinski definition) is 2. The molecule has 21 heavy (non-hydrogen) atoms. The lowest BCUT2D eigenvalue weighted by molar-refractivity contribution is -0.139. The first kappa shape index (κ1) is 14.1. The quantitative estimate of drug-likeness (QED) is 0.899. The van der Waals surface area contributed by atoms with Crippen LogP contribution in [0.25, 0.3) is 11.0 Å². The molecule has 0 spiro atoms. The number of hydrogen-bond donors (Lipinski definition) is 2. The van der Waals surface area contributed by atoms with Crippen LogP contribution in [0, 0.1) is 19.3 Å². The Hall–Kier alpha value is -1.84. The molecular weight excluding hydrogens is 264 g/mol. The molecule has 0 unspecified atom stereocenters. The van der Waals surface area contributed by atoms with E-state index in [1.54, 1.807) is 0 Å². The molecule has 1 aliphatic rings. The molecule has 3 rings (SSSR count). The van der Waals surface area contributed by atoms with Crippen LogP contribution >= 0.6 is 0 Å². The number of aromatic nitrogens is 2. The highest BCUT2D eigenvalue weighted by atomic mass is 16.4. The first-order chi connectivity index (χ1) is 9.97. The Morgan fingerprint density at radius 3 is 2.71 bits per heavy atom. The van der Waals surface area contributed by atoms with Gasteiger partial charge in [0.25, 0.3) is 0 Å². The normalized spacial score (nSPS) is 17.4. The summed E-state index contributed by atoms with van der Waals surface area (Å²) in [4.78, 5) is 19.3. The Bertz CT molecular complexity index is 681. The highest BCUT2D eigenvalue weighted by molar-refractivity contribution is 5.79. The van der Waals surface area contributed by atoms with Crippen LogP contribution < -0.4 is 0 Å². The smallest absolute Gasteiger partial charge is 0.303 e. The summed E-state index contributed by atoms with van der Waals surface area (Å²) in [7, 11) is 0. The van der Waals surface area contributed by atoms with Gasteiger partial charge < -0.3 is 10.1 Å². The molecule has 0 radical (unpaired) electrons. The Labute approximate surface area is 124 Å². The summed E-state index contributed by atoms with van der Waals surface area (Å²) in [6.07, 6.45) is 5.24. The molecular formula is C17H22N2O2. The first-order valence-corrected chi connectivity index (χ1v) is 7.65. The van der Waals surface area contributed by atoms with Crippen LogP contribution in [-0.4, -0.2) is 21.0 Å². The predicted molar refractivity (Wildman–Crippen MR) is 82.4 cm³/mol. The van der Waals surface area contributed by atoms with Crippen molar-refractivity contribution >= 4 is 17.0 Å². The summed E-state index contributed by atoms with van der Waals surface area (Å²) in [6, 6.07) is 4.24. The zero-order valence-electron chi connectivity index (χ0n) is 12.7. The fraction of sp³-hybridized carbons (Fsp3) is 0.529. The van der Waals surface area contributed by atoms with Crippen molar-refractivity contribution in [1.29, 1.82) is 0 Å². The SMILES string of the molecule is Cc1cc(C)c2nc(CC3(CC(=O)O)CCCC3)[nH]c2c1. The molecule has 1 aromatic heterocycles. The third-order valence-electron chi connectivity index (χ3n) is 4.70. The van der Waals surface area contributed by atoms with Crippen molar-refractivity contribution in [2.45, 2.75) is 52.4 Å². The van der Waals surface area contributed by atoms with Gasteiger partial charge in [0.05, 0.1) is 17.5 Å². The fourth-order valence-electron chi connectivity index (χ4n) is 3.82. The van der Waals surface area contributed by atoms with Gasteiger partial charge in [-0.05, 0) is 49.3 Å². The minimum atomic E-state index is -0.694. The molecule has 4 nitrogen and oxygen atoms in total. The molecule has 1 aliphatic carbocycles. The number of carbonyl (C=O) groups is 1. The van der Waals surface area contributed by atoms with E-state index >= 15 is 0 Å². The molecule has 0 saturated heterocycles. The molecule has 0 aliphatic heterocycles. The minimum Gasteiger partial charge on any atom is -0.481 e. The van der Waals surface area contributed by atoms with Crippen molar-refractivity contribution in [3.8, 4) is 0 Å². The van der Waals surface area contributed by atoms with Gasteiger partial charge in [-0.3, -0.25) is 4.79 Å². The topological polar surface area (TPSA) is 66.0 Å². The summed E-state index contributed by atoms with van der Waals surface area (Å²) in [6.45, 7) is 4.15. The first-order valence-electron chi connectivity index (χ1n) is 7.65. The molecule has 2 aromatic rings. The van der Waals surface area contributed by atoms with Gasteiger partial charge in [-0.2, -0.15) is 0 Å². The monoisotopic (exact) mass is 286 g/mol. The fourth-order valence-corrected chi connectivity index (χ4v) is 3.82. The second-order valence-corrected chi connectivity index (χ2v) is 6.62. The maximum Gasteiger partial charge on any atom is 0.303 e. The van der Waals surface area contributed by atoms with Crippen molar-refractivity contribution in [3.05, 3.63) is 29.1 Å². The van der Waals surface area contributed by atoms with Crippen LogP contribution in [-0.2, 0) is 11.2 Å². The number of rotatable bonds is 4. The lowest BCUT2D eigenvalue weighted by Crippen LogP contribution is -2.24. The van der Waals surface area contributed by atoms with E-state index in [-0.39, 0.29) is 11.8 Å². The van der Waals surface area contributed by atoms with Crippen molar-refractivity contribution in [1.82, 2.24) is 9.97 Å². The van der Waals surface area contributed by atoms with E-state index in [0.717, 1.165) is 49.0 Å². The average molecular weight is 286 g/mol. The van der Waals surface area contributed by atoms with E-state index in [0.29, 0.717) is 0 Å². The Morgan fingerprint density at radius 1 is 1.33 bits per heavy atom. The van der Waals surface area contributed by atoms with Crippen LogP contribution in [0.2, 0.25) is 0 Å². The standard InChI is InChI=1S/C17H22N2O2/c1-11-7-12(2)16-13(8-11)18-14(19-16)9-17(10-15(20)21)5-3-4-6-17/h7-8H,3-6,9-10H2,1-2H3,(H,18,19)(H,20,21). The molecule has 112 valence electrons. The van der Waals surface area contributed by atoms with Crippen LogP contribution in [0.4, 0.5) is 0 Å². The molecule has 1 saturated carbocycles. The van der Waals surface area contributed by atoms with E-state index in [9.17, 15) is 9.90 Å². The van der Waals surface area contributed by atoms with Crippen LogP contribution in [0.1, 0.15) is 49.1 Å². The number of fused-ring (bicyclic) bond motifs is 1. The predicted octanol–water partition coefficient (Wildman–Crippen LogP) is 3.76. The number of aromatic amines is 1. The second kappa shape index (κ2) is 5.17. The number of imidazole rings is 1. The maximum atomic E-state index is 11.2. The van der Waals surface area contributed by atoms with Gasteiger partial charge in [0, 0.05) is 6.42 Å². The maximum absolute atomic E-state index is 11.2. The summed E-state index contributed by atoms with van der Waals surface area (Å²) in [5.41, 5.74) is 4.36. The van der Waals surface area contributed by atoms with Crippen LogP contribution in [0.15, 0.2) is 12.1 Å². The van der Waals surface area contributed by atoms with Gasteiger partial charge in [-0.15, -0.1) is 0 Å². The third-order valence-corrected chi connectivity index (χ3v) is 4.70. The Morgan fingerprint density at radius 2 is 2.05 bits per heavy atom. The molecule has 2 N–H and O–H groups in total. The molecule has 0 bridgehead atoms. The summed E-state index contributed by atoms with van der Waals surface area (Å²) >= 11 is 0. The highest BCUT2D eigenvalue weighted by Crippen LogP contribution is 2.43. The van der Waals surface area contributed by atoms with E-state index < -0.39 is 5.97 Å². The largest absolute Gasteiger partial charge is 0.481 e. The number of carboxylic acids is 1. The van der Waals surface area contributed by atoms with Gasteiger partial charge in [-0.1, -0.05) is 18.9 Å². The number of nitrogens with one attached hydrogen (secondary N) is 1. The van der Waals surface area contributed by atoms with Crippen molar-refractivity contribution in [3.63, 3.8) is 0 Å². The Balaban J connectivity index is 1.93. The number of benzene rings is 1. The lowest BCUT2D eigenvalue weighted by Gasteiger charge is -2.25. The van der Waals surface area contributed by atoms with Crippen LogP contribution in [0.5, 0.6) is 0 Å². The molecule has 1 aromatic carbocycles. The molecule has 0 amide bonds. The lowest BCUT2D eigenvalue weighted by atomic mass is 9.79. The minimum absolute atomic E-state index is 0.108. The van der Waals surface area contributed by atoms with Gasteiger partial charge in [0.1, 0.15) is 5.82 Å². The van der Waals surface area contributed by atoms with Crippen molar-refractivity contribution in [2.24, 2.45) is 5.41 Å². The van der Waals surface area contributed by atoms with E-state index in [2.05, 4.69) is 31.0 Å². The van der Waals surface area contributed by atoms with Gasteiger partial charge in [0.2, 0.25) is 0 Å². The number of carboxylic acid groups (broad SMARTS) is 1. The summed E-state index contributed by atoms with van der Waals surface area (Å²) in [5.74, 6) is 0.238. The zero-order chi connectivity index (χ0) is 15.0. The molecule has 4 heteroatoms. The number of aryl methyl sites for hydroxylation is 2. The third kappa shape index (κ3) is 2.80. The van der Waals surface area contributed by atoms with Crippen LogP contribution in [0.3, 0.4) is 0 Å². The van der Waals surface area contributed by atoms with E-state index in [1.165, 1.54) is 11.1 Å². The van der Waals surface area contributed by atoms with E-state index in [1.807, 2.05) is 0 Å². The molecule has 0 atom stereocenters. The number of nitrogens with zero attached hydrogens (tertiary/aromatic N) is 1. The number of H-pyrrole nitrogens is 1. The van der Waals surface area contributed by atoms with Crippen molar-refractivity contribution < 1.29 is 9.90 Å². The van der Waals surface area contributed by atoms with Gasteiger partial charge in [-0.25, -0.2) is 4.98 Å². The number of aliphatic carboxylic acids is 1. The van der Waals surface area contributed by atoms with E-state index in [4.69, 9.17) is 4.98 Å². The highest BCUT2D eigenvalue weighted by Gasteiger charge is 2.37.